The molecule has 4 aromatic carbocycles. The molecule has 1 N–H and O–H groups in total. The first-order chi connectivity index (χ1) is 21.1. The van der Waals surface area contributed by atoms with E-state index >= 15 is 0 Å². The summed E-state index contributed by atoms with van der Waals surface area (Å²) in [6.45, 7) is 1.82. The molecule has 8 heteroatoms. The first-order valence-corrected chi connectivity index (χ1v) is 14.4. The van der Waals surface area contributed by atoms with Gasteiger partial charge in [-0.2, -0.15) is 5.10 Å². The van der Waals surface area contributed by atoms with Crippen LogP contribution in [0.2, 0.25) is 0 Å². The van der Waals surface area contributed by atoms with Gasteiger partial charge >= 0.3 is 0 Å². The van der Waals surface area contributed by atoms with Gasteiger partial charge in [-0.15, -0.1) is 0 Å². The third-order valence-electron chi connectivity index (χ3n) is 7.16. The molecule has 2 amide bonds. The van der Waals surface area contributed by atoms with E-state index in [4.69, 9.17) is 14.2 Å². The van der Waals surface area contributed by atoms with Crippen LogP contribution in [0.25, 0.3) is 11.1 Å². The summed E-state index contributed by atoms with van der Waals surface area (Å²) >= 11 is 0. The summed E-state index contributed by atoms with van der Waals surface area (Å²) in [5, 5.41) is 4.03. The SMILES string of the molecule is COc1cc(/C=N/NC(=O)COc2ccc(-c3ccccc3)cc2)ccc1OCc1ccc(C(=O)N2CCCCC2)cc1. The van der Waals surface area contributed by atoms with Crippen molar-refractivity contribution in [2.45, 2.75) is 25.9 Å². The van der Waals surface area contributed by atoms with Crippen LogP contribution in [0.5, 0.6) is 17.2 Å². The van der Waals surface area contributed by atoms with E-state index in [2.05, 4.69) is 10.5 Å². The molecule has 0 bridgehead atoms. The lowest BCUT2D eigenvalue weighted by atomic mass is 10.1. The number of ether oxygens (including phenoxy) is 3. The van der Waals surface area contributed by atoms with Crippen molar-refractivity contribution in [1.29, 1.82) is 0 Å². The lowest BCUT2D eigenvalue weighted by Gasteiger charge is -2.26. The molecular formula is C35H35N3O5. The second-order valence-corrected chi connectivity index (χ2v) is 10.2. The fourth-order valence-electron chi connectivity index (χ4n) is 4.80. The molecule has 1 heterocycles. The maximum absolute atomic E-state index is 12.7. The van der Waals surface area contributed by atoms with Gasteiger partial charge in [-0.1, -0.05) is 54.6 Å². The monoisotopic (exact) mass is 577 g/mol. The summed E-state index contributed by atoms with van der Waals surface area (Å²) in [7, 11) is 1.57. The zero-order valence-electron chi connectivity index (χ0n) is 24.2. The number of likely N-dealkylation sites (tertiary alicyclic amines) is 1. The number of hydrogen-bond donors (Lipinski definition) is 1. The fourth-order valence-corrected chi connectivity index (χ4v) is 4.80. The van der Waals surface area contributed by atoms with E-state index in [0.29, 0.717) is 29.4 Å². The van der Waals surface area contributed by atoms with E-state index in [1.807, 2.05) is 89.8 Å². The van der Waals surface area contributed by atoms with Gasteiger partial charge in [0.15, 0.2) is 18.1 Å². The average Bonchev–Trinajstić information content (AvgIpc) is 3.07. The first kappa shape index (κ1) is 29.4. The van der Waals surface area contributed by atoms with Crippen LogP contribution < -0.4 is 19.6 Å². The predicted octanol–water partition coefficient (Wildman–Crippen LogP) is 6.10. The highest BCUT2D eigenvalue weighted by molar-refractivity contribution is 5.94. The Morgan fingerprint density at radius 2 is 1.53 bits per heavy atom. The minimum atomic E-state index is -0.376. The maximum atomic E-state index is 12.7. The van der Waals surface area contributed by atoms with Gasteiger partial charge in [-0.25, -0.2) is 5.43 Å². The number of benzene rings is 4. The lowest BCUT2D eigenvalue weighted by molar-refractivity contribution is -0.123. The van der Waals surface area contributed by atoms with Crippen LogP contribution in [-0.2, 0) is 11.4 Å². The van der Waals surface area contributed by atoms with Crippen molar-refractivity contribution in [1.82, 2.24) is 10.3 Å². The first-order valence-electron chi connectivity index (χ1n) is 14.4. The summed E-state index contributed by atoms with van der Waals surface area (Å²) in [5.41, 5.74) is 7.03. The molecule has 0 radical (unpaired) electrons. The fraction of sp³-hybridized carbons (Fsp3) is 0.229. The topological polar surface area (TPSA) is 89.5 Å². The minimum absolute atomic E-state index is 0.0867. The molecule has 0 aliphatic carbocycles. The Bertz CT molecular complexity index is 1530. The number of carbonyl (C=O) groups excluding carboxylic acids is 2. The normalized spacial score (nSPS) is 13.0. The van der Waals surface area contributed by atoms with Gasteiger partial charge in [0.2, 0.25) is 0 Å². The van der Waals surface area contributed by atoms with Gasteiger partial charge in [0.1, 0.15) is 12.4 Å². The van der Waals surface area contributed by atoms with Crippen molar-refractivity contribution in [3.63, 3.8) is 0 Å². The predicted molar refractivity (Wildman–Crippen MR) is 167 cm³/mol. The average molecular weight is 578 g/mol. The Kier molecular flexibility index (Phi) is 10.0. The summed E-state index contributed by atoms with van der Waals surface area (Å²) < 4.78 is 17.1. The van der Waals surface area contributed by atoms with Gasteiger partial charge < -0.3 is 19.1 Å². The van der Waals surface area contributed by atoms with Crippen molar-refractivity contribution in [3.8, 4) is 28.4 Å². The Morgan fingerprint density at radius 1 is 0.814 bits per heavy atom. The number of nitrogens with one attached hydrogen (secondary N) is 1. The Morgan fingerprint density at radius 3 is 2.26 bits per heavy atom. The largest absolute Gasteiger partial charge is 0.493 e. The summed E-state index contributed by atoms with van der Waals surface area (Å²) in [5.74, 6) is 1.42. The second kappa shape index (κ2) is 14.7. The standard InChI is InChI=1S/C35H35N3O5/c1-41-33-22-27(23-36-37-34(39)25-42-31-17-15-29(16-18-31)28-8-4-2-5-9-28)12-19-32(33)43-24-26-10-13-30(14-11-26)35(40)38-20-6-3-7-21-38/h2,4-5,8-19,22-23H,3,6-7,20-21,24-25H2,1H3,(H,37,39)/b36-23+. The van der Waals surface area contributed by atoms with E-state index in [9.17, 15) is 9.59 Å². The Hall–Kier alpha value is -5.11. The number of methoxy groups -OCH3 is 1. The van der Waals surface area contributed by atoms with E-state index in [1.54, 1.807) is 19.2 Å². The third kappa shape index (κ3) is 8.23. The van der Waals surface area contributed by atoms with Gasteiger partial charge in [0.25, 0.3) is 11.8 Å². The molecule has 4 aromatic rings. The van der Waals surface area contributed by atoms with Crippen LogP contribution in [0.15, 0.2) is 102 Å². The number of carbonyl (C=O) groups is 2. The zero-order valence-corrected chi connectivity index (χ0v) is 24.2. The molecular weight excluding hydrogens is 542 g/mol. The van der Waals surface area contributed by atoms with E-state index in [0.717, 1.165) is 48.2 Å². The van der Waals surface area contributed by atoms with Crippen LogP contribution >= 0.6 is 0 Å². The summed E-state index contributed by atoms with van der Waals surface area (Å²) in [6, 6.07) is 30.5. The zero-order chi connectivity index (χ0) is 29.9. The molecule has 1 saturated heterocycles. The van der Waals surface area contributed by atoms with Crippen LogP contribution in [0.4, 0.5) is 0 Å². The van der Waals surface area contributed by atoms with Crippen LogP contribution in [-0.4, -0.2) is 49.7 Å². The van der Waals surface area contributed by atoms with Gasteiger partial charge in [-0.05, 0) is 84.0 Å². The molecule has 0 atom stereocenters. The number of rotatable bonds is 11. The smallest absolute Gasteiger partial charge is 0.277 e. The maximum Gasteiger partial charge on any atom is 0.277 e. The molecule has 0 spiro atoms. The van der Waals surface area contributed by atoms with Crippen LogP contribution in [0.1, 0.15) is 40.7 Å². The molecule has 0 unspecified atom stereocenters. The minimum Gasteiger partial charge on any atom is -0.493 e. The molecule has 8 nitrogen and oxygen atoms in total. The number of nitrogens with zero attached hydrogens (tertiary/aromatic N) is 2. The Labute approximate surface area is 251 Å². The second-order valence-electron chi connectivity index (χ2n) is 10.2. The molecule has 43 heavy (non-hydrogen) atoms. The van der Waals surface area contributed by atoms with Gasteiger partial charge in [0, 0.05) is 18.7 Å². The van der Waals surface area contributed by atoms with Crippen molar-refractivity contribution in [2.24, 2.45) is 5.10 Å². The summed E-state index contributed by atoms with van der Waals surface area (Å²) in [6.07, 6.45) is 4.85. The van der Waals surface area contributed by atoms with Crippen molar-refractivity contribution in [2.75, 3.05) is 26.8 Å². The Balaban J connectivity index is 1.08. The number of hydrazone groups is 1. The molecule has 220 valence electrons. The number of hydrogen-bond acceptors (Lipinski definition) is 6. The molecule has 1 fully saturated rings. The van der Waals surface area contributed by atoms with Gasteiger partial charge in [-0.3, -0.25) is 9.59 Å². The van der Waals surface area contributed by atoms with Crippen LogP contribution in [0, 0.1) is 0 Å². The van der Waals surface area contributed by atoms with Gasteiger partial charge in [0.05, 0.1) is 13.3 Å². The molecule has 0 saturated carbocycles. The number of piperidine rings is 1. The molecule has 5 rings (SSSR count). The summed E-state index contributed by atoms with van der Waals surface area (Å²) in [4.78, 5) is 26.8. The molecule has 0 aromatic heterocycles. The van der Waals surface area contributed by atoms with Crippen molar-refractivity contribution in [3.05, 3.63) is 114 Å². The quantitative estimate of drug-likeness (QED) is 0.172. The highest BCUT2D eigenvalue weighted by atomic mass is 16.5. The molecule has 1 aliphatic heterocycles. The van der Waals surface area contributed by atoms with Crippen molar-refractivity contribution < 1.29 is 23.8 Å². The van der Waals surface area contributed by atoms with E-state index in [-0.39, 0.29) is 18.4 Å². The van der Waals surface area contributed by atoms with Crippen molar-refractivity contribution >= 4 is 18.0 Å². The lowest BCUT2D eigenvalue weighted by Crippen LogP contribution is -2.35. The molecule has 1 aliphatic rings. The third-order valence-corrected chi connectivity index (χ3v) is 7.16. The highest BCUT2D eigenvalue weighted by Gasteiger charge is 2.18. The van der Waals surface area contributed by atoms with E-state index in [1.165, 1.54) is 12.6 Å². The highest BCUT2D eigenvalue weighted by Crippen LogP contribution is 2.28. The number of amides is 2. The van der Waals surface area contributed by atoms with E-state index < -0.39 is 0 Å². The van der Waals surface area contributed by atoms with Crippen LogP contribution in [0.3, 0.4) is 0 Å².